The summed E-state index contributed by atoms with van der Waals surface area (Å²) in [6.45, 7) is 0. The minimum Gasteiger partial charge on any atom is -0.339 e. The second-order valence-corrected chi connectivity index (χ2v) is 9.93. The van der Waals surface area contributed by atoms with Crippen molar-refractivity contribution in [3.63, 3.8) is 0 Å². The molecule has 1 amide bonds. The van der Waals surface area contributed by atoms with Gasteiger partial charge in [0.1, 0.15) is 10.2 Å². The van der Waals surface area contributed by atoms with Crippen LogP contribution in [0.1, 0.15) is 21.5 Å². The smallest absolute Gasteiger partial charge is 0.339 e. The number of alkyl halides is 6. The molecule has 0 aliphatic carbocycles. The first-order valence-corrected chi connectivity index (χ1v) is 13.3. The van der Waals surface area contributed by atoms with Crippen molar-refractivity contribution in [3.8, 4) is 0 Å². The molecule has 17 heteroatoms. The highest BCUT2D eigenvalue weighted by molar-refractivity contribution is 6.41. The average molecular weight is 671 g/mol. The van der Waals surface area contributed by atoms with Gasteiger partial charge in [-0.1, -0.05) is 35.3 Å². The van der Waals surface area contributed by atoms with Crippen LogP contribution in [0.3, 0.4) is 0 Å². The number of ketones is 2. The Morgan fingerprint density at radius 3 is 2.16 bits per heavy atom. The molecular weight excluding hydrogens is 653 g/mol. The number of nitrogens with zero attached hydrogens (tertiary/aromatic N) is 3. The van der Waals surface area contributed by atoms with Gasteiger partial charge in [-0.3, -0.25) is 14.4 Å². The third-order valence-electron chi connectivity index (χ3n) is 5.95. The molecule has 5 rings (SSSR count). The number of hydrogen-bond acceptors (Lipinski definition) is 8. The lowest BCUT2D eigenvalue weighted by atomic mass is 10.0. The van der Waals surface area contributed by atoms with E-state index in [0.717, 1.165) is 28.9 Å². The number of carbonyl (C=O) groups excluding carboxylic acids is 3. The number of aryl methyl sites for hydroxylation is 2. The number of Topliss-reactive ketones (excluding diaryl/α,β-unsaturated/α-hetero) is 2. The SMILES string of the molecule is O=C(C(=O)C(F)(F)F)C(F)(F)F.O=C(Nc1ccc2cc1CCc1cccc(c1)Nc1ncc(Cl)c(n1)N2)c1cccnc1Cl. The largest absolute Gasteiger partial charge is 0.458 e. The second-order valence-electron chi connectivity index (χ2n) is 9.16. The third kappa shape index (κ3) is 8.67. The van der Waals surface area contributed by atoms with Gasteiger partial charge >= 0.3 is 23.9 Å². The minimum atomic E-state index is -5.77. The number of aromatic nitrogens is 3. The molecule has 1 aliphatic heterocycles. The molecule has 0 unspecified atom stereocenters. The summed E-state index contributed by atoms with van der Waals surface area (Å²) in [5.41, 5.74) is 4.78. The van der Waals surface area contributed by atoms with Gasteiger partial charge in [-0.25, -0.2) is 9.97 Å². The summed E-state index contributed by atoms with van der Waals surface area (Å²) < 4.78 is 67.0. The highest BCUT2D eigenvalue weighted by Crippen LogP contribution is 2.30. The molecule has 1 aliphatic rings. The molecule has 6 bridgehead atoms. The van der Waals surface area contributed by atoms with E-state index in [0.29, 0.717) is 34.5 Å². The third-order valence-corrected chi connectivity index (χ3v) is 6.53. The number of rotatable bonds is 3. The molecule has 4 aromatic rings. The number of fused-ring (bicyclic) bond motifs is 6. The number of carbonyl (C=O) groups is 3. The number of nitrogens with one attached hydrogen (secondary N) is 3. The first-order valence-electron chi connectivity index (χ1n) is 12.5. The van der Waals surface area contributed by atoms with Crippen LogP contribution in [0.15, 0.2) is 67.0 Å². The van der Waals surface area contributed by atoms with Crippen LogP contribution in [-0.4, -0.2) is 44.8 Å². The van der Waals surface area contributed by atoms with E-state index >= 15 is 0 Å². The quantitative estimate of drug-likeness (QED) is 0.118. The zero-order valence-corrected chi connectivity index (χ0v) is 23.9. The van der Waals surface area contributed by atoms with E-state index in [2.05, 4.69) is 43.0 Å². The molecule has 9 nitrogen and oxygen atoms in total. The van der Waals surface area contributed by atoms with Crippen molar-refractivity contribution in [1.29, 1.82) is 0 Å². The fourth-order valence-corrected chi connectivity index (χ4v) is 4.21. The first-order chi connectivity index (χ1) is 21.1. The highest BCUT2D eigenvalue weighted by Gasteiger charge is 2.54. The Kier molecular flexibility index (Phi) is 9.93. The molecule has 2 aromatic heterocycles. The van der Waals surface area contributed by atoms with Crippen LogP contribution < -0.4 is 16.0 Å². The molecule has 0 atom stereocenters. The van der Waals surface area contributed by atoms with Crippen LogP contribution in [0.25, 0.3) is 0 Å². The summed E-state index contributed by atoms with van der Waals surface area (Å²) in [6, 6.07) is 17.1. The van der Waals surface area contributed by atoms with Crippen molar-refractivity contribution in [1.82, 2.24) is 15.0 Å². The van der Waals surface area contributed by atoms with Gasteiger partial charge in [0.15, 0.2) is 5.82 Å². The van der Waals surface area contributed by atoms with E-state index in [-0.39, 0.29) is 11.1 Å². The maximum Gasteiger partial charge on any atom is 0.458 e. The Morgan fingerprint density at radius 1 is 0.800 bits per heavy atom. The topological polar surface area (TPSA) is 126 Å². The summed E-state index contributed by atoms with van der Waals surface area (Å²) in [4.78, 5) is 44.8. The van der Waals surface area contributed by atoms with Gasteiger partial charge in [0.25, 0.3) is 5.91 Å². The van der Waals surface area contributed by atoms with E-state index in [4.69, 9.17) is 23.2 Å². The van der Waals surface area contributed by atoms with Crippen molar-refractivity contribution in [2.45, 2.75) is 25.2 Å². The molecule has 0 radical (unpaired) electrons. The van der Waals surface area contributed by atoms with Crippen molar-refractivity contribution >= 4 is 69.5 Å². The zero-order valence-electron chi connectivity index (χ0n) is 22.4. The van der Waals surface area contributed by atoms with E-state index < -0.39 is 23.9 Å². The normalized spacial score (nSPS) is 12.4. The fourth-order valence-electron chi connectivity index (χ4n) is 3.87. The van der Waals surface area contributed by atoms with Gasteiger partial charge in [-0.15, -0.1) is 0 Å². The van der Waals surface area contributed by atoms with Crippen LogP contribution in [0.5, 0.6) is 0 Å². The summed E-state index contributed by atoms with van der Waals surface area (Å²) >= 11 is 12.4. The van der Waals surface area contributed by atoms with Crippen LogP contribution in [0.2, 0.25) is 10.2 Å². The molecule has 234 valence electrons. The lowest BCUT2D eigenvalue weighted by molar-refractivity contribution is -0.193. The van der Waals surface area contributed by atoms with E-state index in [1.165, 1.54) is 0 Å². The monoisotopic (exact) mass is 670 g/mol. The molecule has 3 heterocycles. The number of anilines is 5. The van der Waals surface area contributed by atoms with Gasteiger partial charge in [0.05, 0.1) is 11.8 Å². The summed E-state index contributed by atoms with van der Waals surface area (Å²) in [5.74, 6) is -6.21. The number of halogens is 8. The molecule has 3 N–H and O–H groups in total. The molecule has 0 saturated carbocycles. The molecule has 0 fully saturated rings. The minimum absolute atomic E-state index is 0.159. The van der Waals surface area contributed by atoms with Gasteiger partial charge < -0.3 is 16.0 Å². The lowest BCUT2D eigenvalue weighted by Crippen LogP contribution is -2.39. The summed E-state index contributed by atoms with van der Waals surface area (Å²) in [5, 5.41) is 10.0. The maximum atomic E-state index is 12.8. The van der Waals surface area contributed by atoms with Gasteiger partial charge in [-0.2, -0.15) is 31.3 Å². The summed E-state index contributed by atoms with van der Waals surface area (Å²) in [6.07, 6.45) is -6.97. The Morgan fingerprint density at radius 2 is 1.49 bits per heavy atom. The summed E-state index contributed by atoms with van der Waals surface area (Å²) in [7, 11) is 0. The van der Waals surface area contributed by atoms with Crippen LogP contribution >= 0.6 is 23.2 Å². The van der Waals surface area contributed by atoms with Crippen molar-refractivity contribution in [2.75, 3.05) is 16.0 Å². The molecule has 45 heavy (non-hydrogen) atoms. The number of pyridine rings is 1. The predicted molar refractivity (Wildman–Crippen MR) is 153 cm³/mol. The number of benzene rings is 2. The first kappa shape index (κ1) is 33.1. The van der Waals surface area contributed by atoms with Crippen LogP contribution in [0, 0.1) is 0 Å². The molecule has 0 spiro atoms. The van der Waals surface area contributed by atoms with E-state index in [9.17, 15) is 40.7 Å². The van der Waals surface area contributed by atoms with Gasteiger partial charge in [-0.05, 0) is 66.4 Å². The molecular formula is C28H18Cl2F6N6O3. The fraction of sp³-hybridized carbons (Fsp3) is 0.143. The maximum absolute atomic E-state index is 12.8. The lowest BCUT2D eigenvalue weighted by Gasteiger charge is -2.15. The van der Waals surface area contributed by atoms with Gasteiger partial charge in [0, 0.05) is 23.3 Å². The van der Waals surface area contributed by atoms with Crippen molar-refractivity contribution in [2.24, 2.45) is 0 Å². The Labute approximate surface area is 260 Å². The van der Waals surface area contributed by atoms with Crippen molar-refractivity contribution < 1.29 is 40.7 Å². The Bertz CT molecular complexity index is 1740. The Balaban J connectivity index is 0.000000328. The highest BCUT2D eigenvalue weighted by atomic mass is 35.5. The molecule has 2 aromatic carbocycles. The van der Waals surface area contributed by atoms with Crippen LogP contribution in [0.4, 0.5) is 55.2 Å². The molecule has 0 saturated heterocycles. The predicted octanol–water partition coefficient (Wildman–Crippen LogP) is 7.27. The van der Waals surface area contributed by atoms with Crippen LogP contribution in [-0.2, 0) is 22.4 Å². The number of amides is 1. The van der Waals surface area contributed by atoms with Gasteiger partial charge in [0.2, 0.25) is 5.95 Å². The second kappa shape index (κ2) is 13.5. The standard InChI is InChI=1S/C24H18Cl2N6O.C4F6O2/c25-19-13-28-24-30-16-4-1-3-14(11-16)6-7-15-12-17(29-22(19)32-24)8-9-20(15)31-23(33)18-5-2-10-27-21(18)26;5-3(6,7)1(11)2(12)4(8,9)10/h1-5,8-13H,6-7H2,(H,31,33)(H2,28,29,30,32);. The Hall–Kier alpha value is -4.76. The zero-order chi connectivity index (χ0) is 32.9. The van der Waals surface area contributed by atoms with Crippen molar-refractivity contribution in [3.05, 3.63) is 93.9 Å². The number of hydrogen-bond donors (Lipinski definition) is 3. The van der Waals surface area contributed by atoms with E-state index in [1.807, 2.05) is 30.3 Å². The average Bonchev–Trinajstić information content (AvgIpc) is 2.98. The van der Waals surface area contributed by atoms with E-state index in [1.54, 1.807) is 24.5 Å².